The molecule has 0 saturated carbocycles. The summed E-state index contributed by atoms with van der Waals surface area (Å²) in [6, 6.07) is 8.53. The number of thiophene rings is 1. The number of pyridine rings is 2. The number of nitrogens with zero attached hydrogens (tertiary/aromatic N) is 3. The van der Waals surface area contributed by atoms with Crippen molar-refractivity contribution >= 4 is 39.0 Å². The smallest absolute Gasteiger partial charge is 0.155 e. The third-order valence-corrected chi connectivity index (χ3v) is 6.15. The Morgan fingerprint density at radius 1 is 1.00 bits per heavy atom. The molecule has 0 aliphatic carbocycles. The van der Waals surface area contributed by atoms with Gasteiger partial charge in [-0.25, -0.2) is 9.97 Å². The molecule has 6 heterocycles. The van der Waals surface area contributed by atoms with Gasteiger partial charge in [0, 0.05) is 29.7 Å². The molecule has 1 aliphatic heterocycles. The van der Waals surface area contributed by atoms with Gasteiger partial charge in [0.1, 0.15) is 11.3 Å². The van der Waals surface area contributed by atoms with Gasteiger partial charge in [0.15, 0.2) is 5.65 Å². The lowest BCUT2D eigenvalue weighted by molar-refractivity contribution is 0.738. The summed E-state index contributed by atoms with van der Waals surface area (Å²) >= 11 is 1.70. The molecule has 0 atom stereocenters. The largest absolute Gasteiger partial charge is 0.338 e. The van der Waals surface area contributed by atoms with Crippen molar-refractivity contribution in [3.63, 3.8) is 0 Å². The predicted molar refractivity (Wildman–Crippen MR) is 118 cm³/mol. The monoisotopic (exact) mass is 398 g/mol. The molecule has 0 aromatic carbocycles. The number of H-pyrrole nitrogens is 2. The molecule has 29 heavy (non-hydrogen) atoms. The van der Waals surface area contributed by atoms with Gasteiger partial charge < -0.3 is 10.3 Å². The zero-order valence-electron chi connectivity index (χ0n) is 15.6. The lowest BCUT2D eigenvalue weighted by Crippen LogP contribution is -2.20. The number of aromatic amines is 2. The first-order chi connectivity index (χ1) is 14.4. The van der Waals surface area contributed by atoms with E-state index in [2.05, 4.69) is 71.6 Å². The summed E-state index contributed by atoms with van der Waals surface area (Å²) in [7, 11) is 0. The van der Waals surface area contributed by atoms with E-state index in [0.717, 1.165) is 58.5 Å². The first-order valence-electron chi connectivity index (χ1n) is 9.62. The molecule has 0 bridgehead atoms. The fourth-order valence-corrected chi connectivity index (χ4v) is 4.65. The molecule has 0 spiro atoms. The van der Waals surface area contributed by atoms with E-state index in [1.807, 2.05) is 12.4 Å². The van der Waals surface area contributed by atoms with Gasteiger partial charge in [-0.15, -0.1) is 0 Å². The standard InChI is InChI=1S/C22H18N6S/c1-5-23-6-2-13(1)15-9-18-20(27-28-22(18)25-11-15)19-10-17-16(14-4-8-29-12-14)3-7-24-21(17)26-19/h1,3-4,7-12,23H,2,5-6H2,(H,24,26)(H,25,27,28). The minimum atomic E-state index is 0.794. The van der Waals surface area contributed by atoms with Crippen LogP contribution in [0, 0.1) is 0 Å². The van der Waals surface area contributed by atoms with E-state index >= 15 is 0 Å². The highest BCUT2D eigenvalue weighted by atomic mass is 32.1. The predicted octanol–water partition coefficient (Wildman–Crippen LogP) is 4.61. The number of fused-ring (bicyclic) bond motifs is 2. The molecular weight excluding hydrogens is 380 g/mol. The quantitative estimate of drug-likeness (QED) is 0.415. The van der Waals surface area contributed by atoms with Crippen LogP contribution in [0.1, 0.15) is 12.0 Å². The second kappa shape index (κ2) is 6.65. The summed E-state index contributed by atoms with van der Waals surface area (Å²) in [5, 5.41) is 17.4. The van der Waals surface area contributed by atoms with Crippen LogP contribution in [0.5, 0.6) is 0 Å². The Morgan fingerprint density at radius 3 is 2.86 bits per heavy atom. The Morgan fingerprint density at radius 2 is 2.00 bits per heavy atom. The number of hydrogen-bond donors (Lipinski definition) is 3. The van der Waals surface area contributed by atoms with Crippen molar-refractivity contribution in [1.29, 1.82) is 0 Å². The van der Waals surface area contributed by atoms with E-state index in [0.29, 0.717) is 0 Å². The Balaban J connectivity index is 1.50. The number of hydrogen-bond acceptors (Lipinski definition) is 5. The van der Waals surface area contributed by atoms with Crippen LogP contribution < -0.4 is 5.32 Å². The maximum absolute atomic E-state index is 4.61. The summed E-state index contributed by atoms with van der Waals surface area (Å²) in [4.78, 5) is 12.6. The van der Waals surface area contributed by atoms with E-state index < -0.39 is 0 Å². The molecule has 5 aromatic rings. The average molecular weight is 398 g/mol. The molecule has 3 N–H and O–H groups in total. The van der Waals surface area contributed by atoms with Gasteiger partial charge in [-0.3, -0.25) is 5.10 Å². The summed E-state index contributed by atoms with van der Waals surface area (Å²) in [5.74, 6) is 0. The van der Waals surface area contributed by atoms with Gasteiger partial charge in [-0.05, 0) is 70.3 Å². The van der Waals surface area contributed by atoms with E-state index in [4.69, 9.17) is 0 Å². The molecule has 142 valence electrons. The minimum absolute atomic E-state index is 0.794. The molecular formula is C22H18N6S. The van der Waals surface area contributed by atoms with Gasteiger partial charge in [-0.2, -0.15) is 16.4 Å². The van der Waals surface area contributed by atoms with Crippen LogP contribution in [-0.4, -0.2) is 38.2 Å². The summed E-state index contributed by atoms with van der Waals surface area (Å²) in [5.41, 5.74) is 8.36. The van der Waals surface area contributed by atoms with Crippen molar-refractivity contribution in [1.82, 2.24) is 30.5 Å². The van der Waals surface area contributed by atoms with E-state index in [1.54, 1.807) is 11.3 Å². The van der Waals surface area contributed by atoms with Crippen LogP contribution >= 0.6 is 11.3 Å². The molecule has 7 heteroatoms. The Hall–Kier alpha value is -3.29. The molecule has 0 fully saturated rings. The fourth-order valence-electron chi connectivity index (χ4n) is 3.99. The molecule has 0 saturated heterocycles. The molecule has 6 rings (SSSR count). The first-order valence-corrected chi connectivity index (χ1v) is 10.6. The van der Waals surface area contributed by atoms with E-state index in [-0.39, 0.29) is 0 Å². The number of aromatic nitrogens is 5. The molecule has 0 radical (unpaired) electrons. The maximum Gasteiger partial charge on any atom is 0.155 e. The highest BCUT2D eigenvalue weighted by Crippen LogP contribution is 2.34. The molecule has 1 aliphatic rings. The third kappa shape index (κ3) is 2.78. The lowest BCUT2D eigenvalue weighted by atomic mass is 10.0. The molecule has 0 unspecified atom stereocenters. The summed E-state index contributed by atoms with van der Waals surface area (Å²) in [6.07, 6.45) is 7.04. The number of rotatable bonds is 3. The second-order valence-electron chi connectivity index (χ2n) is 7.19. The second-order valence-corrected chi connectivity index (χ2v) is 7.97. The van der Waals surface area contributed by atoms with Crippen molar-refractivity contribution in [2.24, 2.45) is 0 Å². The maximum atomic E-state index is 4.61. The van der Waals surface area contributed by atoms with Crippen LogP contribution in [0.25, 0.3) is 50.2 Å². The fraction of sp³-hybridized carbons (Fsp3) is 0.136. The first kappa shape index (κ1) is 16.6. The summed E-state index contributed by atoms with van der Waals surface area (Å²) < 4.78 is 0. The van der Waals surface area contributed by atoms with Crippen molar-refractivity contribution in [3.05, 3.63) is 59.1 Å². The lowest BCUT2D eigenvalue weighted by Gasteiger charge is -2.13. The summed E-state index contributed by atoms with van der Waals surface area (Å²) in [6.45, 7) is 1.91. The van der Waals surface area contributed by atoms with Crippen molar-refractivity contribution < 1.29 is 0 Å². The molecule has 6 nitrogen and oxygen atoms in total. The minimum Gasteiger partial charge on any atom is -0.338 e. The average Bonchev–Trinajstić information content (AvgIpc) is 3.52. The Bertz CT molecular complexity index is 1360. The van der Waals surface area contributed by atoms with Crippen LogP contribution in [0.15, 0.2) is 53.5 Å². The van der Waals surface area contributed by atoms with Crippen LogP contribution in [0.4, 0.5) is 0 Å². The van der Waals surface area contributed by atoms with Crippen LogP contribution in [0.2, 0.25) is 0 Å². The topological polar surface area (TPSA) is 82.3 Å². The molecule has 5 aromatic heterocycles. The van der Waals surface area contributed by atoms with E-state index in [9.17, 15) is 0 Å². The normalized spacial score (nSPS) is 14.6. The number of nitrogens with one attached hydrogen (secondary N) is 3. The van der Waals surface area contributed by atoms with Crippen LogP contribution in [-0.2, 0) is 0 Å². The highest BCUT2D eigenvalue weighted by molar-refractivity contribution is 7.08. The Kier molecular flexibility index (Phi) is 3.82. The van der Waals surface area contributed by atoms with E-state index in [1.165, 1.54) is 16.7 Å². The highest BCUT2D eigenvalue weighted by Gasteiger charge is 2.16. The SMILES string of the molecule is C1=C(c2cnc3[nH]nc(-c4cc5c(-c6ccsc6)ccnc5[nH]4)c3c2)CCNC1. The Labute approximate surface area is 170 Å². The van der Waals surface area contributed by atoms with Gasteiger partial charge in [0.05, 0.1) is 5.69 Å². The zero-order chi connectivity index (χ0) is 19.2. The van der Waals surface area contributed by atoms with Gasteiger partial charge in [-0.1, -0.05) is 6.08 Å². The van der Waals surface area contributed by atoms with Gasteiger partial charge in [0.2, 0.25) is 0 Å². The van der Waals surface area contributed by atoms with Crippen molar-refractivity contribution in [2.75, 3.05) is 13.1 Å². The van der Waals surface area contributed by atoms with Crippen LogP contribution in [0.3, 0.4) is 0 Å². The van der Waals surface area contributed by atoms with Gasteiger partial charge in [0.25, 0.3) is 0 Å². The van der Waals surface area contributed by atoms with Crippen molar-refractivity contribution in [2.45, 2.75) is 6.42 Å². The van der Waals surface area contributed by atoms with Crippen molar-refractivity contribution in [3.8, 4) is 22.5 Å². The zero-order valence-corrected chi connectivity index (χ0v) is 16.4. The third-order valence-electron chi connectivity index (χ3n) is 5.47. The van der Waals surface area contributed by atoms with Gasteiger partial charge >= 0.3 is 0 Å². The molecule has 0 amide bonds.